The van der Waals surface area contributed by atoms with Crippen LogP contribution in [0.1, 0.15) is 10.4 Å². The average Bonchev–Trinajstić information content (AvgIpc) is 2.71. The van der Waals surface area contributed by atoms with Crippen molar-refractivity contribution in [1.29, 1.82) is 0 Å². The van der Waals surface area contributed by atoms with Gasteiger partial charge in [0.25, 0.3) is 12.1 Å². The number of rotatable bonds is 5. The van der Waals surface area contributed by atoms with Gasteiger partial charge in [-0.2, -0.15) is 30.7 Å². The number of halogens is 12. The zero-order valence-electron chi connectivity index (χ0n) is 15.6. The van der Waals surface area contributed by atoms with Gasteiger partial charge in [0.2, 0.25) is 17.4 Å². The van der Waals surface area contributed by atoms with Gasteiger partial charge < -0.3 is 10.1 Å². The molecule has 0 aliphatic carbocycles. The molecule has 186 valence electrons. The standard InChI is InChI=1S/C17H6F12N2O3/c18-4-2-1-3-5(19)6(4)13(32)31-15(33)30-11-7(20)9(22)12(10(23)8(11)21)34-17(28,29)14(24)16(25,26)27/h1-3,14H,(H2,30,31,32,33). The smallest absolute Gasteiger partial charge is 0.424 e. The number of anilines is 1. The summed E-state index contributed by atoms with van der Waals surface area (Å²) in [6.07, 6.45) is -17.5. The van der Waals surface area contributed by atoms with Gasteiger partial charge in [0, 0.05) is 0 Å². The number of benzene rings is 2. The number of imide groups is 1. The molecule has 2 rings (SSSR count). The zero-order valence-corrected chi connectivity index (χ0v) is 15.6. The van der Waals surface area contributed by atoms with E-state index in [1.807, 2.05) is 0 Å². The number of hydrogen-bond acceptors (Lipinski definition) is 3. The van der Waals surface area contributed by atoms with Crippen molar-refractivity contribution in [3.05, 3.63) is 58.7 Å². The fraction of sp³-hybridized carbons (Fsp3) is 0.176. The summed E-state index contributed by atoms with van der Waals surface area (Å²) in [7, 11) is 0. The molecular weight excluding hydrogens is 508 g/mol. The lowest BCUT2D eigenvalue weighted by atomic mass is 10.2. The van der Waals surface area contributed by atoms with Crippen LogP contribution in [-0.4, -0.2) is 30.4 Å². The van der Waals surface area contributed by atoms with Crippen molar-refractivity contribution in [2.45, 2.75) is 18.5 Å². The van der Waals surface area contributed by atoms with Gasteiger partial charge in [-0.15, -0.1) is 0 Å². The second-order valence-corrected chi connectivity index (χ2v) is 6.03. The van der Waals surface area contributed by atoms with Gasteiger partial charge in [-0.05, 0) is 12.1 Å². The van der Waals surface area contributed by atoms with Crippen molar-refractivity contribution in [2.75, 3.05) is 5.32 Å². The first-order valence-electron chi connectivity index (χ1n) is 8.18. The van der Waals surface area contributed by atoms with Gasteiger partial charge in [-0.3, -0.25) is 10.1 Å². The molecule has 0 saturated carbocycles. The quantitative estimate of drug-likeness (QED) is 0.418. The summed E-state index contributed by atoms with van der Waals surface area (Å²) in [6, 6.07) is -0.0703. The molecule has 0 aromatic heterocycles. The Labute approximate surface area is 179 Å². The third kappa shape index (κ3) is 5.28. The molecule has 17 heteroatoms. The predicted molar refractivity (Wildman–Crippen MR) is 85.6 cm³/mol. The first-order valence-corrected chi connectivity index (χ1v) is 8.18. The molecule has 0 bridgehead atoms. The summed E-state index contributed by atoms with van der Waals surface area (Å²) < 4.78 is 161. The minimum Gasteiger partial charge on any atom is -0.424 e. The van der Waals surface area contributed by atoms with Crippen molar-refractivity contribution in [3.8, 4) is 5.75 Å². The lowest BCUT2D eigenvalue weighted by Crippen LogP contribution is -2.46. The Morgan fingerprint density at radius 3 is 1.74 bits per heavy atom. The van der Waals surface area contributed by atoms with E-state index in [0.717, 1.165) is 16.7 Å². The highest BCUT2D eigenvalue weighted by Gasteiger charge is 2.60. The Morgan fingerprint density at radius 1 is 0.824 bits per heavy atom. The van der Waals surface area contributed by atoms with Crippen LogP contribution in [0.25, 0.3) is 0 Å². The SMILES string of the molecule is O=C(NC(=O)c1c(F)cccc1F)Nc1c(F)c(F)c(OC(F)(F)C(F)C(F)(F)F)c(F)c1F. The van der Waals surface area contributed by atoms with Crippen LogP contribution in [0.2, 0.25) is 0 Å². The van der Waals surface area contributed by atoms with Crippen molar-refractivity contribution >= 4 is 17.6 Å². The minimum absolute atomic E-state index is 0.579. The van der Waals surface area contributed by atoms with E-state index in [4.69, 9.17) is 0 Å². The number of urea groups is 1. The lowest BCUT2D eigenvalue weighted by molar-refractivity contribution is -0.306. The van der Waals surface area contributed by atoms with Gasteiger partial charge in [0.1, 0.15) is 22.9 Å². The van der Waals surface area contributed by atoms with Crippen LogP contribution in [0.5, 0.6) is 5.75 Å². The summed E-state index contributed by atoms with van der Waals surface area (Å²) in [5.74, 6) is -19.0. The van der Waals surface area contributed by atoms with Crippen molar-refractivity contribution < 1.29 is 67.0 Å². The number of amides is 3. The second kappa shape index (κ2) is 9.30. The van der Waals surface area contributed by atoms with Crippen LogP contribution in [0.3, 0.4) is 0 Å². The maximum atomic E-state index is 14.0. The molecule has 2 aromatic rings. The third-order valence-corrected chi connectivity index (χ3v) is 3.70. The first kappa shape index (κ1) is 26.6. The van der Waals surface area contributed by atoms with E-state index in [2.05, 4.69) is 4.74 Å². The van der Waals surface area contributed by atoms with Crippen LogP contribution in [0, 0.1) is 34.9 Å². The Bertz CT molecular complexity index is 1090. The van der Waals surface area contributed by atoms with Gasteiger partial charge >= 0.3 is 18.3 Å². The molecule has 1 unspecified atom stereocenters. The van der Waals surface area contributed by atoms with Gasteiger partial charge in [-0.1, -0.05) is 6.07 Å². The third-order valence-electron chi connectivity index (χ3n) is 3.70. The predicted octanol–water partition coefficient (Wildman–Crippen LogP) is 5.36. The highest BCUT2D eigenvalue weighted by Crippen LogP contribution is 2.40. The highest BCUT2D eigenvalue weighted by molar-refractivity contribution is 6.08. The number of carbonyl (C=O) groups excluding carboxylic acids is 2. The molecule has 0 radical (unpaired) electrons. The molecule has 0 aliphatic heterocycles. The Kier molecular flexibility index (Phi) is 7.27. The molecule has 0 heterocycles. The molecule has 0 fully saturated rings. The van der Waals surface area contributed by atoms with Crippen molar-refractivity contribution in [1.82, 2.24) is 5.32 Å². The van der Waals surface area contributed by atoms with Crippen molar-refractivity contribution in [3.63, 3.8) is 0 Å². The topological polar surface area (TPSA) is 67.4 Å². The molecule has 34 heavy (non-hydrogen) atoms. The van der Waals surface area contributed by atoms with E-state index in [9.17, 15) is 62.3 Å². The first-order chi connectivity index (χ1) is 15.5. The lowest BCUT2D eigenvalue weighted by Gasteiger charge is -2.24. The second-order valence-electron chi connectivity index (χ2n) is 6.03. The molecular formula is C17H6F12N2O3. The maximum absolute atomic E-state index is 14.0. The summed E-state index contributed by atoms with van der Waals surface area (Å²) in [4.78, 5) is 23.4. The molecule has 3 amide bonds. The number of nitrogens with one attached hydrogen (secondary N) is 2. The van der Waals surface area contributed by atoms with Gasteiger partial charge in [0.15, 0.2) is 11.6 Å². The molecule has 2 N–H and O–H groups in total. The fourth-order valence-corrected chi connectivity index (χ4v) is 2.21. The molecule has 0 saturated heterocycles. The number of alkyl halides is 6. The van der Waals surface area contributed by atoms with Crippen LogP contribution < -0.4 is 15.4 Å². The average molecular weight is 514 g/mol. The van der Waals surface area contributed by atoms with Gasteiger partial charge in [-0.25, -0.2) is 26.7 Å². The minimum atomic E-state index is -6.31. The Morgan fingerprint density at radius 2 is 1.29 bits per heavy atom. The molecule has 1 atom stereocenters. The summed E-state index contributed by atoms with van der Waals surface area (Å²) in [5, 5.41) is 2.13. The van der Waals surface area contributed by atoms with Crippen LogP contribution in [0.15, 0.2) is 18.2 Å². The van der Waals surface area contributed by atoms with Crippen molar-refractivity contribution in [2.24, 2.45) is 0 Å². The van der Waals surface area contributed by atoms with Crippen LogP contribution >= 0.6 is 0 Å². The van der Waals surface area contributed by atoms with E-state index < -0.39 is 82.3 Å². The molecule has 0 aliphatic rings. The number of hydrogen-bond donors (Lipinski definition) is 2. The Hall–Kier alpha value is -3.66. The number of ether oxygens (including phenoxy) is 1. The normalized spacial score (nSPS) is 12.8. The van der Waals surface area contributed by atoms with E-state index in [1.165, 1.54) is 0 Å². The largest absolute Gasteiger partial charge is 0.439 e. The maximum Gasteiger partial charge on any atom is 0.439 e. The monoisotopic (exact) mass is 514 g/mol. The van der Waals surface area contributed by atoms with E-state index in [-0.39, 0.29) is 0 Å². The summed E-state index contributed by atoms with van der Waals surface area (Å²) in [5.41, 5.74) is -3.48. The van der Waals surface area contributed by atoms with Crippen LogP contribution in [-0.2, 0) is 0 Å². The summed E-state index contributed by atoms with van der Waals surface area (Å²) in [6.45, 7) is 0. The van der Waals surface area contributed by atoms with E-state index >= 15 is 0 Å². The summed E-state index contributed by atoms with van der Waals surface area (Å²) >= 11 is 0. The van der Waals surface area contributed by atoms with E-state index in [1.54, 1.807) is 0 Å². The fourth-order valence-electron chi connectivity index (χ4n) is 2.21. The van der Waals surface area contributed by atoms with E-state index in [0.29, 0.717) is 12.1 Å². The molecule has 2 aromatic carbocycles. The molecule has 0 spiro atoms. The Balaban J connectivity index is 2.33. The molecule has 5 nitrogen and oxygen atoms in total. The van der Waals surface area contributed by atoms with Gasteiger partial charge in [0.05, 0.1) is 0 Å². The highest BCUT2D eigenvalue weighted by atomic mass is 19.4. The van der Waals surface area contributed by atoms with Crippen LogP contribution in [0.4, 0.5) is 63.2 Å². The zero-order chi connectivity index (χ0) is 26.2. The number of carbonyl (C=O) groups is 2.